The van der Waals surface area contributed by atoms with Gasteiger partial charge in [-0.15, -0.1) is 0 Å². The molecule has 0 unspecified atom stereocenters. The van der Waals surface area contributed by atoms with Crippen molar-refractivity contribution in [2.45, 2.75) is 44.8 Å². The summed E-state index contributed by atoms with van der Waals surface area (Å²) in [5.74, 6) is 0.303. The Bertz CT molecular complexity index is 718. The van der Waals surface area contributed by atoms with Crippen LogP contribution in [0.3, 0.4) is 0 Å². The number of carbonyl (C=O) groups is 1. The Morgan fingerprint density at radius 1 is 1.12 bits per heavy atom. The lowest BCUT2D eigenvalue weighted by atomic mass is 9.98. The van der Waals surface area contributed by atoms with Crippen LogP contribution in [0.25, 0.3) is 0 Å². The van der Waals surface area contributed by atoms with Crippen LogP contribution in [0.1, 0.15) is 47.2 Å². The molecule has 0 bridgehead atoms. The maximum Gasteiger partial charge on any atom is 0.251 e. The maximum atomic E-state index is 12.3. The van der Waals surface area contributed by atoms with Crippen LogP contribution in [0.2, 0.25) is 0 Å². The fourth-order valence-electron chi connectivity index (χ4n) is 3.17. The lowest BCUT2D eigenvalue weighted by Crippen LogP contribution is -2.42. The molecule has 6 heteroatoms. The van der Waals surface area contributed by atoms with Crippen molar-refractivity contribution < 1.29 is 13.2 Å². The zero-order valence-electron chi connectivity index (χ0n) is 14.4. The van der Waals surface area contributed by atoms with E-state index in [1.54, 1.807) is 4.31 Å². The van der Waals surface area contributed by atoms with Crippen molar-refractivity contribution in [3.8, 4) is 0 Å². The van der Waals surface area contributed by atoms with Gasteiger partial charge in [0.15, 0.2) is 0 Å². The van der Waals surface area contributed by atoms with Crippen molar-refractivity contribution in [2.24, 2.45) is 5.92 Å². The van der Waals surface area contributed by atoms with E-state index in [0.717, 1.165) is 31.2 Å². The van der Waals surface area contributed by atoms with E-state index in [2.05, 4.69) is 5.32 Å². The fraction of sp³-hybridized carbons (Fsp3) is 0.611. The highest BCUT2D eigenvalue weighted by atomic mass is 32.2. The van der Waals surface area contributed by atoms with E-state index in [0.29, 0.717) is 31.1 Å². The van der Waals surface area contributed by atoms with Crippen molar-refractivity contribution in [2.75, 3.05) is 19.6 Å². The Morgan fingerprint density at radius 3 is 2.38 bits per heavy atom. The van der Waals surface area contributed by atoms with Gasteiger partial charge < -0.3 is 5.32 Å². The molecule has 24 heavy (non-hydrogen) atoms. The third kappa shape index (κ3) is 3.81. The quantitative estimate of drug-likeness (QED) is 0.886. The Morgan fingerprint density at radius 2 is 1.79 bits per heavy atom. The van der Waals surface area contributed by atoms with Crippen LogP contribution in [0, 0.1) is 19.8 Å². The zero-order valence-corrected chi connectivity index (χ0v) is 15.2. The summed E-state index contributed by atoms with van der Waals surface area (Å²) in [6.07, 6.45) is 3.26. The molecule has 1 aromatic carbocycles. The number of rotatable bonds is 5. The molecule has 1 saturated carbocycles. The van der Waals surface area contributed by atoms with Gasteiger partial charge in [0.25, 0.3) is 5.91 Å². The summed E-state index contributed by atoms with van der Waals surface area (Å²) >= 11 is 0. The Balaban J connectivity index is 1.48. The molecule has 5 nitrogen and oxygen atoms in total. The highest BCUT2D eigenvalue weighted by Gasteiger charge is 2.41. The standard InChI is InChI=1S/C18H26N2O3S/c1-13-3-4-16(11-14(13)2)18(21)19-12-15-7-9-20(10-8-15)24(22,23)17-5-6-17/h3-4,11,15,17H,5-10,12H2,1-2H3,(H,19,21). The minimum Gasteiger partial charge on any atom is -0.352 e. The van der Waals surface area contributed by atoms with Crippen LogP contribution in [0.4, 0.5) is 0 Å². The average Bonchev–Trinajstić information content (AvgIpc) is 3.41. The van der Waals surface area contributed by atoms with E-state index in [1.165, 1.54) is 5.56 Å². The van der Waals surface area contributed by atoms with Gasteiger partial charge in [-0.3, -0.25) is 4.79 Å². The van der Waals surface area contributed by atoms with E-state index < -0.39 is 10.0 Å². The molecule has 0 atom stereocenters. The number of sulfonamides is 1. The summed E-state index contributed by atoms with van der Waals surface area (Å²) in [5.41, 5.74) is 2.98. The average molecular weight is 350 g/mol. The number of hydrogen-bond donors (Lipinski definition) is 1. The number of amides is 1. The predicted octanol–water partition coefficient (Wildman–Crippen LogP) is 2.24. The second-order valence-corrected chi connectivity index (χ2v) is 9.31. The highest BCUT2D eigenvalue weighted by molar-refractivity contribution is 7.90. The van der Waals surface area contributed by atoms with Crippen LogP contribution in [-0.4, -0.2) is 43.5 Å². The lowest BCUT2D eigenvalue weighted by molar-refractivity contribution is 0.0941. The van der Waals surface area contributed by atoms with Gasteiger partial charge in [-0.25, -0.2) is 12.7 Å². The molecule has 132 valence electrons. The summed E-state index contributed by atoms with van der Waals surface area (Å²) in [6, 6.07) is 5.73. The van der Waals surface area contributed by atoms with Gasteiger partial charge in [-0.2, -0.15) is 0 Å². The van der Waals surface area contributed by atoms with E-state index in [4.69, 9.17) is 0 Å². The molecule has 1 heterocycles. The largest absolute Gasteiger partial charge is 0.352 e. The molecule has 1 N–H and O–H groups in total. The third-order valence-electron chi connectivity index (χ3n) is 5.20. The first-order chi connectivity index (χ1) is 11.4. The van der Waals surface area contributed by atoms with Crippen molar-refractivity contribution in [1.29, 1.82) is 0 Å². The van der Waals surface area contributed by atoms with E-state index >= 15 is 0 Å². The van der Waals surface area contributed by atoms with Gasteiger partial charge in [-0.05, 0) is 68.7 Å². The molecule has 0 aromatic heterocycles. The molecule has 0 spiro atoms. The van der Waals surface area contributed by atoms with Crippen molar-refractivity contribution in [1.82, 2.24) is 9.62 Å². The second-order valence-electron chi connectivity index (χ2n) is 7.10. The van der Waals surface area contributed by atoms with Gasteiger partial charge in [-0.1, -0.05) is 6.07 Å². The van der Waals surface area contributed by atoms with Crippen LogP contribution in [-0.2, 0) is 10.0 Å². The second kappa shape index (κ2) is 6.84. The van der Waals surface area contributed by atoms with Gasteiger partial charge >= 0.3 is 0 Å². The minimum absolute atomic E-state index is 0.0499. The van der Waals surface area contributed by atoms with Crippen LogP contribution in [0.15, 0.2) is 18.2 Å². The summed E-state index contributed by atoms with van der Waals surface area (Å²) in [7, 11) is -3.05. The first kappa shape index (κ1) is 17.4. The number of aryl methyl sites for hydroxylation is 2. The molecule has 0 radical (unpaired) electrons. The van der Waals surface area contributed by atoms with Crippen molar-refractivity contribution >= 4 is 15.9 Å². The fourth-order valence-corrected chi connectivity index (χ4v) is 5.04. The monoisotopic (exact) mass is 350 g/mol. The number of benzene rings is 1. The smallest absolute Gasteiger partial charge is 0.251 e. The highest BCUT2D eigenvalue weighted by Crippen LogP contribution is 2.33. The molecular weight excluding hydrogens is 324 g/mol. The third-order valence-corrected chi connectivity index (χ3v) is 7.60. The lowest BCUT2D eigenvalue weighted by Gasteiger charge is -2.31. The number of hydrogen-bond acceptors (Lipinski definition) is 3. The summed E-state index contributed by atoms with van der Waals surface area (Å²) in [6.45, 7) is 5.82. The van der Waals surface area contributed by atoms with Gasteiger partial charge in [0.2, 0.25) is 10.0 Å². The summed E-state index contributed by atoms with van der Waals surface area (Å²) < 4.78 is 26.1. The zero-order chi connectivity index (χ0) is 17.3. The van der Waals surface area contributed by atoms with E-state index in [-0.39, 0.29) is 11.2 Å². The Hall–Kier alpha value is -1.40. The van der Waals surface area contributed by atoms with Crippen molar-refractivity contribution in [3.63, 3.8) is 0 Å². The Labute approximate surface area is 144 Å². The first-order valence-corrected chi connectivity index (χ1v) is 10.2. The topological polar surface area (TPSA) is 66.5 Å². The molecule has 1 aliphatic heterocycles. The molecule has 1 aliphatic carbocycles. The molecule has 1 aromatic rings. The van der Waals surface area contributed by atoms with Gasteiger partial charge in [0.1, 0.15) is 0 Å². The van der Waals surface area contributed by atoms with Crippen molar-refractivity contribution in [3.05, 3.63) is 34.9 Å². The summed E-state index contributed by atoms with van der Waals surface area (Å²) in [5, 5.41) is 2.87. The summed E-state index contributed by atoms with van der Waals surface area (Å²) in [4.78, 5) is 12.3. The van der Waals surface area contributed by atoms with E-state index in [9.17, 15) is 13.2 Å². The van der Waals surface area contributed by atoms with Crippen LogP contribution in [0.5, 0.6) is 0 Å². The Kier molecular flexibility index (Phi) is 4.97. The minimum atomic E-state index is -3.05. The maximum absolute atomic E-state index is 12.3. The normalized spacial score (nSPS) is 20.1. The molecule has 3 rings (SSSR count). The first-order valence-electron chi connectivity index (χ1n) is 8.72. The number of carbonyl (C=O) groups excluding carboxylic acids is 1. The SMILES string of the molecule is Cc1ccc(C(=O)NCC2CCN(S(=O)(=O)C3CC3)CC2)cc1C. The van der Waals surface area contributed by atoms with Crippen LogP contribution >= 0.6 is 0 Å². The van der Waals surface area contributed by atoms with Gasteiger partial charge in [0.05, 0.1) is 5.25 Å². The van der Waals surface area contributed by atoms with E-state index in [1.807, 2.05) is 32.0 Å². The number of piperidine rings is 1. The number of nitrogens with zero attached hydrogens (tertiary/aromatic N) is 1. The van der Waals surface area contributed by atoms with Crippen LogP contribution < -0.4 is 5.32 Å². The molecule has 1 amide bonds. The molecular formula is C18H26N2O3S. The predicted molar refractivity (Wildman–Crippen MR) is 94.5 cm³/mol. The molecule has 2 aliphatic rings. The molecule has 2 fully saturated rings. The molecule has 1 saturated heterocycles. The number of nitrogens with one attached hydrogen (secondary N) is 1. The van der Waals surface area contributed by atoms with Gasteiger partial charge in [0, 0.05) is 25.2 Å².